The smallest absolute Gasteiger partial charge is 0.220 e. The molecule has 20 heavy (non-hydrogen) atoms. The van der Waals surface area contributed by atoms with E-state index in [4.69, 9.17) is 0 Å². The SMILES string of the molecule is Cn1ccnc1SCCNC(=O)CCc1cccnc1. The van der Waals surface area contributed by atoms with Crippen LogP contribution in [0.4, 0.5) is 0 Å². The van der Waals surface area contributed by atoms with Crippen molar-refractivity contribution in [3.8, 4) is 0 Å². The predicted molar refractivity (Wildman–Crippen MR) is 79.5 cm³/mol. The van der Waals surface area contributed by atoms with E-state index in [2.05, 4.69) is 15.3 Å². The quantitative estimate of drug-likeness (QED) is 0.622. The van der Waals surface area contributed by atoms with E-state index < -0.39 is 0 Å². The summed E-state index contributed by atoms with van der Waals surface area (Å²) in [6.07, 6.45) is 8.44. The van der Waals surface area contributed by atoms with Gasteiger partial charge in [0.25, 0.3) is 0 Å². The number of aromatic nitrogens is 3. The average molecular weight is 290 g/mol. The van der Waals surface area contributed by atoms with Gasteiger partial charge in [-0.05, 0) is 18.1 Å². The van der Waals surface area contributed by atoms with Gasteiger partial charge in [0, 0.05) is 50.6 Å². The molecule has 0 atom stereocenters. The van der Waals surface area contributed by atoms with E-state index in [-0.39, 0.29) is 5.91 Å². The molecule has 0 saturated heterocycles. The van der Waals surface area contributed by atoms with Crippen molar-refractivity contribution < 1.29 is 4.79 Å². The second kappa shape index (κ2) is 7.69. The molecule has 0 aliphatic carbocycles. The summed E-state index contributed by atoms with van der Waals surface area (Å²) in [5, 5.41) is 3.88. The zero-order valence-electron chi connectivity index (χ0n) is 11.5. The zero-order chi connectivity index (χ0) is 14.2. The Kier molecular flexibility index (Phi) is 5.61. The summed E-state index contributed by atoms with van der Waals surface area (Å²) in [5.74, 6) is 0.901. The van der Waals surface area contributed by atoms with Crippen LogP contribution in [0.1, 0.15) is 12.0 Å². The third-order valence-electron chi connectivity index (χ3n) is 2.80. The molecule has 6 heteroatoms. The lowest BCUT2D eigenvalue weighted by atomic mass is 10.1. The number of nitrogens with zero attached hydrogens (tertiary/aromatic N) is 3. The normalized spacial score (nSPS) is 10.4. The third kappa shape index (κ3) is 4.70. The first kappa shape index (κ1) is 14.6. The van der Waals surface area contributed by atoms with E-state index in [0.717, 1.165) is 22.9 Å². The largest absolute Gasteiger partial charge is 0.355 e. The highest BCUT2D eigenvalue weighted by molar-refractivity contribution is 7.99. The van der Waals surface area contributed by atoms with Gasteiger partial charge in [-0.25, -0.2) is 4.98 Å². The number of amides is 1. The molecule has 0 aliphatic rings. The molecule has 0 aromatic carbocycles. The molecule has 0 spiro atoms. The van der Waals surface area contributed by atoms with E-state index in [1.807, 2.05) is 29.9 Å². The van der Waals surface area contributed by atoms with Gasteiger partial charge in [-0.1, -0.05) is 17.8 Å². The van der Waals surface area contributed by atoms with Crippen LogP contribution < -0.4 is 5.32 Å². The van der Waals surface area contributed by atoms with Gasteiger partial charge in [0.2, 0.25) is 5.91 Å². The fourth-order valence-electron chi connectivity index (χ4n) is 1.72. The van der Waals surface area contributed by atoms with Crippen molar-refractivity contribution in [3.05, 3.63) is 42.5 Å². The molecule has 1 amide bonds. The number of hydrogen-bond acceptors (Lipinski definition) is 4. The minimum Gasteiger partial charge on any atom is -0.355 e. The van der Waals surface area contributed by atoms with Crippen LogP contribution in [0.2, 0.25) is 0 Å². The summed E-state index contributed by atoms with van der Waals surface area (Å²) in [6.45, 7) is 0.656. The summed E-state index contributed by atoms with van der Waals surface area (Å²) in [5.41, 5.74) is 1.09. The number of carbonyl (C=O) groups is 1. The Labute approximate surface area is 122 Å². The summed E-state index contributed by atoms with van der Waals surface area (Å²) in [7, 11) is 1.96. The maximum Gasteiger partial charge on any atom is 0.220 e. The molecule has 5 nitrogen and oxygen atoms in total. The number of imidazole rings is 1. The first-order valence-corrected chi connectivity index (χ1v) is 7.50. The molecule has 2 aromatic rings. The fraction of sp³-hybridized carbons (Fsp3) is 0.357. The summed E-state index contributed by atoms with van der Waals surface area (Å²) < 4.78 is 1.97. The van der Waals surface area contributed by atoms with E-state index in [1.54, 1.807) is 30.4 Å². The third-order valence-corrected chi connectivity index (χ3v) is 3.86. The van der Waals surface area contributed by atoms with E-state index in [1.165, 1.54) is 0 Å². The van der Waals surface area contributed by atoms with Gasteiger partial charge in [0.05, 0.1) is 0 Å². The Morgan fingerprint density at radius 1 is 1.45 bits per heavy atom. The Bertz CT molecular complexity index is 541. The molecule has 0 saturated carbocycles. The lowest BCUT2D eigenvalue weighted by molar-refractivity contribution is -0.120. The van der Waals surface area contributed by atoms with Crippen LogP contribution in [-0.2, 0) is 18.3 Å². The Morgan fingerprint density at radius 2 is 2.35 bits per heavy atom. The molecule has 0 radical (unpaired) electrons. The van der Waals surface area contributed by atoms with Gasteiger partial charge < -0.3 is 9.88 Å². The molecule has 0 unspecified atom stereocenters. The molecule has 2 aromatic heterocycles. The molecule has 1 N–H and O–H groups in total. The molecule has 0 aliphatic heterocycles. The van der Waals surface area contributed by atoms with Crippen LogP contribution >= 0.6 is 11.8 Å². The fourth-order valence-corrected chi connectivity index (χ4v) is 2.50. The van der Waals surface area contributed by atoms with Crippen molar-refractivity contribution in [2.45, 2.75) is 18.0 Å². The van der Waals surface area contributed by atoms with Gasteiger partial charge in [-0.15, -0.1) is 0 Å². The van der Waals surface area contributed by atoms with Crippen LogP contribution in [0.15, 0.2) is 42.1 Å². The number of pyridine rings is 1. The summed E-state index contributed by atoms with van der Waals surface area (Å²) in [6, 6.07) is 3.87. The first-order valence-electron chi connectivity index (χ1n) is 6.51. The highest BCUT2D eigenvalue weighted by Gasteiger charge is 2.03. The number of thioether (sulfide) groups is 1. The van der Waals surface area contributed by atoms with Gasteiger partial charge in [0.1, 0.15) is 0 Å². The second-order valence-corrected chi connectivity index (χ2v) is 5.44. The van der Waals surface area contributed by atoms with Crippen molar-refractivity contribution in [1.82, 2.24) is 19.9 Å². The van der Waals surface area contributed by atoms with Gasteiger partial charge in [-0.2, -0.15) is 0 Å². The van der Waals surface area contributed by atoms with Crippen molar-refractivity contribution >= 4 is 17.7 Å². The van der Waals surface area contributed by atoms with Crippen LogP contribution in [0.3, 0.4) is 0 Å². The number of aryl methyl sites for hydroxylation is 2. The number of hydrogen-bond donors (Lipinski definition) is 1. The summed E-state index contributed by atoms with van der Waals surface area (Å²) in [4.78, 5) is 19.9. The monoisotopic (exact) mass is 290 g/mol. The maximum atomic E-state index is 11.7. The van der Waals surface area contributed by atoms with Crippen molar-refractivity contribution in [1.29, 1.82) is 0 Å². The summed E-state index contributed by atoms with van der Waals surface area (Å²) >= 11 is 1.64. The van der Waals surface area contributed by atoms with Gasteiger partial charge in [0.15, 0.2) is 5.16 Å². The van der Waals surface area contributed by atoms with E-state index >= 15 is 0 Å². The lowest BCUT2D eigenvalue weighted by Gasteiger charge is -2.05. The highest BCUT2D eigenvalue weighted by atomic mass is 32.2. The van der Waals surface area contributed by atoms with Crippen LogP contribution in [0.25, 0.3) is 0 Å². The molecule has 0 bridgehead atoms. The van der Waals surface area contributed by atoms with E-state index in [9.17, 15) is 4.79 Å². The second-order valence-electron chi connectivity index (χ2n) is 4.38. The van der Waals surface area contributed by atoms with Gasteiger partial charge >= 0.3 is 0 Å². The minimum absolute atomic E-state index is 0.0780. The number of carbonyl (C=O) groups excluding carboxylic acids is 1. The number of nitrogens with one attached hydrogen (secondary N) is 1. The molecular formula is C14H18N4OS. The lowest BCUT2D eigenvalue weighted by Crippen LogP contribution is -2.26. The van der Waals surface area contributed by atoms with Crippen molar-refractivity contribution in [2.24, 2.45) is 7.05 Å². The maximum absolute atomic E-state index is 11.7. The van der Waals surface area contributed by atoms with Crippen LogP contribution in [-0.4, -0.2) is 32.7 Å². The van der Waals surface area contributed by atoms with Crippen LogP contribution in [0, 0.1) is 0 Å². The van der Waals surface area contributed by atoms with Crippen molar-refractivity contribution in [3.63, 3.8) is 0 Å². The minimum atomic E-state index is 0.0780. The Hall–Kier alpha value is -1.82. The molecular weight excluding hydrogens is 272 g/mol. The van der Waals surface area contributed by atoms with Crippen molar-refractivity contribution in [2.75, 3.05) is 12.3 Å². The molecule has 106 valence electrons. The first-order chi connectivity index (χ1) is 9.75. The van der Waals surface area contributed by atoms with Crippen LogP contribution in [0.5, 0.6) is 0 Å². The van der Waals surface area contributed by atoms with Gasteiger partial charge in [-0.3, -0.25) is 9.78 Å². The topological polar surface area (TPSA) is 59.8 Å². The molecule has 2 heterocycles. The number of rotatable bonds is 7. The predicted octanol–water partition coefficient (Wildman–Crippen LogP) is 1.66. The van der Waals surface area contributed by atoms with E-state index in [0.29, 0.717) is 13.0 Å². The Morgan fingerprint density at radius 3 is 3.05 bits per heavy atom. The average Bonchev–Trinajstić information content (AvgIpc) is 2.88. The Balaban J connectivity index is 1.60. The zero-order valence-corrected chi connectivity index (χ0v) is 12.3. The molecule has 0 fully saturated rings. The standard InChI is InChI=1S/C14H18N4OS/c1-18-9-7-17-14(18)20-10-8-16-13(19)5-4-12-3-2-6-15-11-12/h2-3,6-7,9,11H,4-5,8,10H2,1H3,(H,16,19). The highest BCUT2D eigenvalue weighted by Crippen LogP contribution is 2.12. The molecule has 2 rings (SSSR count).